The van der Waals surface area contributed by atoms with Gasteiger partial charge in [-0.3, -0.25) is 0 Å². The molecule has 3 nitrogen and oxygen atoms in total. The molecule has 19 heavy (non-hydrogen) atoms. The Balaban J connectivity index is 2.03. The van der Waals surface area contributed by atoms with Gasteiger partial charge in [0.15, 0.2) is 0 Å². The summed E-state index contributed by atoms with van der Waals surface area (Å²) in [5.74, 6) is 0.966. The first-order valence-electron chi connectivity index (χ1n) is 7.03. The smallest absolute Gasteiger partial charge is 0.122 e. The van der Waals surface area contributed by atoms with Gasteiger partial charge in [-0.15, -0.1) is 0 Å². The minimum Gasteiger partial charge on any atom is -0.496 e. The standard InChI is InChI=1S/C16H25NO2/c1-12-14(9-10-19-12)17-16(2,3)11-13-7-5-6-8-15(13)18-4/h5-8,12,14,17H,9-11H2,1-4H3. The Hall–Kier alpha value is -1.06. The van der Waals surface area contributed by atoms with E-state index in [-0.39, 0.29) is 5.54 Å². The van der Waals surface area contributed by atoms with E-state index in [1.807, 2.05) is 12.1 Å². The number of para-hydroxylation sites is 1. The van der Waals surface area contributed by atoms with E-state index >= 15 is 0 Å². The van der Waals surface area contributed by atoms with Gasteiger partial charge in [0.05, 0.1) is 13.2 Å². The zero-order valence-electron chi connectivity index (χ0n) is 12.4. The maximum absolute atomic E-state index is 5.62. The molecular formula is C16H25NO2. The van der Waals surface area contributed by atoms with Crippen LogP contribution in [0.5, 0.6) is 5.75 Å². The molecule has 1 aliphatic rings. The van der Waals surface area contributed by atoms with Gasteiger partial charge in [-0.1, -0.05) is 18.2 Å². The van der Waals surface area contributed by atoms with E-state index in [1.165, 1.54) is 5.56 Å². The molecule has 1 aromatic carbocycles. The van der Waals surface area contributed by atoms with Crippen molar-refractivity contribution >= 4 is 0 Å². The molecule has 0 bridgehead atoms. The fraction of sp³-hybridized carbons (Fsp3) is 0.625. The normalized spacial score (nSPS) is 23.6. The molecule has 1 saturated heterocycles. The van der Waals surface area contributed by atoms with Gasteiger partial charge in [0, 0.05) is 18.2 Å². The van der Waals surface area contributed by atoms with Gasteiger partial charge < -0.3 is 14.8 Å². The minimum atomic E-state index is 0.0290. The third kappa shape index (κ3) is 3.71. The van der Waals surface area contributed by atoms with E-state index in [1.54, 1.807) is 7.11 Å². The van der Waals surface area contributed by atoms with Crippen molar-refractivity contribution in [3.63, 3.8) is 0 Å². The molecule has 0 spiro atoms. The van der Waals surface area contributed by atoms with Gasteiger partial charge in [0.25, 0.3) is 0 Å². The average molecular weight is 263 g/mol. The van der Waals surface area contributed by atoms with Crippen LogP contribution >= 0.6 is 0 Å². The summed E-state index contributed by atoms with van der Waals surface area (Å²) in [6.07, 6.45) is 2.34. The summed E-state index contributed by atoms with van der Waals surface area (Å²) >= 11 is 0. The summed E-state index contributed by atoms with van der Waals surface area (Å²) in [5, 5.41) is 3.72. The van der Waals surface area contributed by atoms with Gasteiger partial charge in [-0.05, 0) is 45.2 Å². The van der Waals surface area contributed by atoms with E-state index in [0.717, 1.165) is 25.2 Å². The van der Waals surface area contributed by atoms with Crippen LogP contribution in [0.4, 0.5) is 0 Å². The first-order chi connectivity index (χ1) is 9.02. The second-order valence-electron chi connectivity index (χ2n) is 5.99. The molecule has 0 radical (unpaired) electrons. The lowest BCUT2D eigenvalue weighted by Gasteiger charge is -2.32. The Kier molecular flexibility index (Phi) is 4.48. The Bertz CT molecular complexity index is 417. The third-order valence-corrected chi connectivity index (χ3v) is 3.78. The summed E-state index contributed by atoms with van der Waals surface area (Å²) < 4.78 is 11.0. The van der Waals surface area contributed by atoms with Gasteiger partial charge in [0.1, 0.15) is 5.75 Å². The van der Waals surface area contributed by atoms with Gasteiger partial charge in [0.2, 0.25) is 0 Å². The molecule has 2 unspecified atom stereocenters. The lowest BCUT2D eigenvalue weighted by molar-refractivity contribution is 0.106. The largest absolute Gasteiger partial charge is 0.496 e. The molecule has 1 aromatic rings. The fourth-order valence-corrected chi connectivity index (χ4v) is 2.80. The highest BCUT2D eigenvalue weighted by molar-refractivity contribution is 5.34. The van der Waals surface area contributed by atoms with Crippen molar-refractivity contribution in [3.8, 4) is 5.75 Å². The van der Waals surface area contributed by atoms with Crippen molar-refractivity contribution in [1.29, 1.82) is 0 Å². The first kappa shape index (κ1) is 14.4. The second kappa shape index (κ2) is 5.93. The zero-order valence-corrected chi connectivity index (χ0v) is 12.4. The summed E-state index contributed by atoms with van der Waals surface area (Å²) in [5.41, 5.74) is 1.27. The summed E-state index contributed by atoms with van der Waals surface area (Å²) in [4.78, 5) is 0. The van der Waals surface area contributed by atoms with Crippen LogP contribution in [0.2, 0.25) is 0 Å². The SMILES string of the molecule is COc1ccccc1CC(C)(C)NC1CCOC1C. The molecule has 1 heterocycles. The number of hydrogen-bond donors (Lipinski definition) is 1. The van der Waals surface area contributed by atoms with Crippen LogP contribution in [0.1, 0.15) is 32.8 Å². The highest BCUT2D eigenvalue weighted by Gasteiger charge is 2.30. The molecule has 0 aromatic heterocycles. The number of nitrogens with one attached hydrogen (secondary N) is 1. The molecular weight excluding hydrogens is 238 g/mol. The third-order valence-electron chi connectivity index (χ3n) is 3.78. The number of benzene rings is 1. The molecule has 0 amide bonds. The number of rotatable bonds is 5. The van der Waals surface area contributed by atoms with E-state index in [4.69, 9.17) is 9.47 Å². The molecule has 0 saturated carbocycles. The Morgan fingerprint density at radius 2 is 2.11 bits per heavy atom. The molecule has 1 aliphatic heterocycles. The lowest BCUT2D eigenvalue weighted by Crippen LogP contribution is -2.49. The second-order valence-corrected chi connectivity index (χ2v) is 5.99. The van der Waals surface area contributed by atoms with Crippen molar-refractivity contribution in [2.75, 3.05) is 13.7 Å². The van der Waals surface area contributed by atoms with Crippen molar-refractivity contribution in [3.05, 3.63) is 29.8 Å². The van der Waals surface area contributed by atoms with Crippen LogP contribution in [0.3, 0.4) is 0 Å². The monoisotopic (exact) mass is 263 g/mol. The van der Waals surface area contributed by atoms with Crippen molar-refractivity contribution in [1.82, 2.24) is 5.32 Å². The predicted molar refractivity (Wildman–Crippen MR) is 77.7 cm³/mol. The zero-order chi connectivity index (χ0) is 13.9. The Morgan fingerprint density at radius 3 is 2.74 bits per heavy atom. The lowest BCUT2D eigenvalue weighted by atomic mass is 9.92. The first-order valence-corrected chi connectivity index (χ1v) is 7.03. The van der Waals surface area contributed by atoms with Crippen LogP contribution in [-0.2, 0) is 11.2 Å². The molecule has 2 rings (SSSR count). The Labute approximate surface area is 116 Å². The van der Waals surface area contributed by atoms with Crippen LogP contribution in [-0.4, -0.2) is 31.4 Å². The molecule has 1 N–H and O–H groups in total. The van der Waals surface area contributed by atoms with E-state index < -0.39 is 0 Å². The molecule has 106 valence electrons. The number of hydrogen-bond acceptors (Lipinski definition) is 3. The molecule has 2 atom stereocenters. The molecule has 3 heteroatoms. The van der Waals surface area contributed by atoms with Crippen LogP contribution in [0.25, 0.3) is 0 Å². The van der Waals surface area contributed by atoms with Crippen molar-refractivity contribution in [2.24, 2.45) is 0 Å². The molecule has 1 fully saturated rings. The van der Waals surface area contributed by atoms with Gasteiger partial charge >= 0.3 is 0 Å². The number of methoxy groups -OCH3 is 1. The predicted octanol–water partition coefficient (Wildman–Crippen LogP) is 2.78. The van der Waals surface area contributed by atoms with E-state index in [0.29, 0.717) is 12.1 Å². The van der Waals surface area contributed by atoms with Gasteiger partial charge in [-0.2, -0.15) is 0 Å². The van der Waals surface area contributed by atoms with Crippen LogP contribution in [0, 0.1) is 0 Å². The van der Waals surface area contributed by atoms with Crippen LogP contribution < -0.4 is 10.1 Å². The summed E-state index contributed by atoms with van der Waals surface area (Å²) in [7, 11) is 1.73. The fourth-order valence-electron chi connectivity index (χ4n) is 2.80. The highest BCUT2D eigenvalue weighted by Crippen LogP contribution is 2.24. The van der Waals surface area contributed by atoms with Crippen molar-refractivity contribution in [2.45, 2.75) is 51.3 Å². The summed E-state index contributed by atoms with van der Waals surface area (Å²) in [6.45, 7) is 7.49. The maximum Gasteiger partial charge on any atom is 0.122 e. The van der Waals surface area contributed by atoms with Crippen molar-refractivity contribution < 1.29 is 9.47 Å². The van der Waals surface area contributed by atoms with Gasteiger partial charge in [-0.25, -0.2) is 0 Å². The summed E-state index contributed by atoms with van der Waals surface area (Å²) in [6, 6.07) is 8.68. The average Bonchev–Trinajstić information content (AvgIpc) is 2.74. The Morgan fingerprint density at radius 1 is 1.37 bits per heavy atom. The topological polar surface area (TPSA) is 30.5 Å². The minimum absolute atomic E-state index is 0.0290. The number of ether oxygens (including phenoxy) is 2. The molecule has 0 aliphatic carbocycles. The highest BCUT2D eigenvalue weighted by atomic mass is 16.5. The van der Waals surface area contributed by atoms with E-state index in [2.05, 4.69) is 38.2 Å². The quantitative estimate of drug-likeness (QED) is 0.886. The maximum atomic E-state index is 5.62. The van der Waals surface area contributed by atoms with E-state index in [9.17, 15) is 0 Å². The van der Waals surface area contributed by atoms with Crippen LogP contribution in [0.15, 0.2) is 24.3 Å².